The van der Waals surface area contributed by atoms with E-state index < -0.39 is 17.8 Å². The van der Waals surface area contributed by atoms with Crippen molar-refractivity contribution in [1.82, 2.24) is 10.2 Å². The van der Waals surface area contributed by atoms with Gasteiger partial charge in [0.25, 0.3) is 5.91 Å². The molecule has 1 amide bonds. The minimum absolute atomic E-state index is 0.0279. The van der Waals surface area contributed by atoms with Crippen LogP contribution >= 0.6 is 0 Å². The van der Waals surface area contributed by atoms with Crippen LogP contribution in [0.2, 0.25) is 0 Å². The number of ether oxygens (including phenoxy) is 1. The molecule has 1 fully saturated rings. The molecule has 7 heteroatoms. The molecule has 1 N–H and O–H groups in total. The van der Waals surface area contributed by atoms with Gasteiger partial charge in [0.2, 0.25) is 0 Å². The minimum Gasteiger partial charge on any atom is -0.405 e. The van der Waals surface area contributed by atoms with Gasteiger partial charge in [0.05, 0.1) is 11.1 Å². The van der Waals surface area contributed by atoms with E-state index >= 15 is 0 Å². The standard InChI is InChI=1S/C16H19F3N2O2/c1-9(2)10-6-11-13(12(7-10)23-16(17,18)19)14(22)21-5-4-20-8-15(11,21)3/h6-7,9,20H,4-5,8H2,1-3H3/t15-/m0/s1. The molecule has 0 saturated carbocycles. The molecule has 0 spiro atoms. The number of carbonyl (C=O) groups excluding carboxylic acids is 1. The van der Waals surface area contributed by atoms with Crippen LogP contribution in [0.15, 0.2) is 12.1 Å². The van der Waals surface area contributed by atoms with Crippen LogP contribution in [-0.4, -0.2) is 36.8 Å². The first kappa shape index (κ1) is 16.1. The van der Waals surface area contributed by atoms with Crippen LogP contribution in [0, 0.1) is 0 Å². The Bertz CT molecular complexity index is 657. The first-order valence-corrected chi connectivity index (χ1v) is 7.60. The van der Waals surface area contributed by atoms with Gasteiger partial charge in [-0.05, 0) is 30.0 Å². The van der Waals surface area contributed by atoms with E-state index in [2.05, 4.69) is 10.1 Å². The van der Waals surface area contributed by atoms with Crippen LogP contribution in [-0.2, 0) is 5.54 Å². The second kappa shape index (κ2) is 5.12. The third-order valence-electron chi connectivity index (χ3n) is 4.63. The van der Waals surface area contributed by atoms with Gasteiger partial charge < -0.3 is 15.0 Å². The van der Waals surface area contributed by atoms with Gasteiger partial charge in [0.1, 0.15) is 5.75 Å². The van der Waals surface area contributed by atoms with E-state index in [9.17, 15) is 18.0 Å². The molecule has 3 rings (SSSR count). The van der Waals surface area contributed by atoms with E-state index in [0.29, 0.717) is 25.2 Å². The van der Waals surface area contributed by atoms with Gasteiger partial charge in [-0.3, -0.25) is 4.79 Å². The highest BCUT2D eigenvalue weighted by Gasteiger charge is 2.50. The third-order valence-corrected chi connectivity index (χ3v) is 4.63. The average molecular weight is 328 g/mol. The van der Waals surface area contributed by atoms with Crippen molar-refractivity contribution in [1.29, 1.82) is 0 Å². The molecule has 0 aliphatic carbocycles. The first-order valence-electron chi connectivity index (χ1n) is 7.60. The van der Waals surface area contributed by atoms with Crippen molar-refractivity contribution in [3.8, 4) is 5.75 Å². The molecule has 1 saturated heterocycles. The lowest BCUT2D eigenvalue weighted by Crippen LogP contribution is -2.55. The van der Waals surface area contributed by atoms with Crippen LogP contribution in [0.5, 0.6) is 5.75 Å². The fraction of sp³-hybridized carbons (Fsp3) is 0.562. The SMILES string of the molecule is CC(C)c1cc(OC(F)(F)F)c2c(c1)[C@]1(C)CNCCN1C2=O. The summed E-state index contributed by atoms with van der Waals surface area (Å²) < 4.78 is 42.5. The molecule has 4 nitrogen and oxygen atoms in total. The number of alkyl halides is 3. The Morgan fingerprint density at radius 1 is 1.35 bits per heavy atom. The molecule has 2 heterocycles. The fourth-order valence-corrected chi connectivity index (χ4v) is 3.39. The number of nitrogens with zero attached hydrogens (tertiary/aromatic N) is 1. The molecule has 23 heavy (non-hydrogen) atoms. The molecule has 1 aromatic carbocycles. The Morgan fingerprint density at radius 2 is 2.04 bits per heavy atom. The van der Waals surface area contributed by atoms with Gasteiger partial charge >= 0.3 is 6.36 Å². The van der Waals surface area contributed by atoms with Crippen molar-refractivity contribution in [2.75, 3.05) is 19.6 Å². The summed E-state index contributed by atoms with van der Waals surface area (Å²) in [6.07, 6.45) is -4.83. The molecule has 2 aliphatic heterocycles. The topological polar surface area (TPSA) is 41.6 Å². The summed E-state index contributed by atoms with van der Waals surface area (Å²) >= 11 is 0. The predicted octanol–water partition coefficient (Wildman–Crippen LogP) is 2.98. The predicted molar refractivity (Wildman–Crippen MR) is 78.5 cm³/mol. The number of nitrogens with one attached hydrogen (secondary N) is 1. The number of piperazine rings is 1. The quantitative estimate of drug-likeness (QED) is 0.907. The molecule has 1 atom stereocenters. The Balaban J connectivity index is 2.20. The average Bonchev–Trinajstić information content (AvgIpc) is 2.66. The van der Waals surface area contributed by atoms with Crippen molar-refractivity contribution in [3.63, 3.8) is 0 Å². The van der Waals surface area contributed by atoms with Crippen LogP contribution in [0.25, 0.3) is 0 Å². The van der Waals surface area contributed by atoms with E-state index in [1.807, 2.05) is 26.8 Å². The highest BCUT2D eigenvalue weighted by molar-refractivity contribution is 6.03. The summed E-state index contributed by atoms with van der Waals surface area (Å²) in [7, 11) is 0. The first-order chi connectivity index (χ1) is 10.6. The maximum Gasteiger partial charge on any atom is 0.573 e. The summed E-state index contributed by atoms with van der Waals surface area (Å²) in [5.41, 5.74) is 0.738. The molecule has 1 aromatic rings. The van der Waals surface area contributed by atoms with Crippen molar-refractivity contribution in [3.05, 3.63) is 28.8 Å². The lowest BCUT2D eigenvalue weighted by Gasteiger charge is -2.40. The van der Waals surface area contributed by atoms with Crippen molar-refractivity contribution in [2.45, 2.75) is 38.6 Å². The summed E-state index contributed by atoms with van der Waals surface area (Å²) in [6, 6.07) is 3.18. The Kier molecular flexibility index (Phi) is 3.59. The molecule has 2 aliphatic rings. The molecule has 0 unspecified atom stereocenters. The van der Waals surface area contributed by atoms with Crippen LogP contribution in [0.4, 0.5) is 13.2 Å². The lowest BCUT2D eigenvalue weighted by atomic mass is 9.87. The Hall–Kier alpha value is -1.76. The number of carbonyl (C=O) groups is 1. The zero-order chi connectivity index (χ0) is 17.0. The van der Waals surface area contributed by atoms with Crippen molar-refractivity contribution >= 4 is 5.91 Å². The molecule has 0 bridgehead atoms. The zero-order valence-electron chi connectivity index (χ0n) is 13.3. The molecule has 126 valence electrons. The second-order valence-electron chi connectivity index (χ2n) is 6.55. The number of amides is 1. The van der Waals surface area contributed by atoms with Crippen LogP contribution in [0.3, 0.4) is 0 Å². The normalized spacial score (nSPS) is 24.0. The van der Waals surface area contributed by atoms with Gasteiger partial charge in [0.15, 0.2) is 0 Å². The van der Waals surface area contributed by atoms with Crippen LogP contribution < -0.4 is 10.1 Å². The van der Waals surface area contributed by atoms with E-state index in [1.165, 1.54) is 6.07 Å². The second-order valence-corrected chi connectivity index (χ2v) is 6.55. The van der Waals surface area contributed by atoms with E-state index in [4.69, 9.17) is 0 Å². The van der Waals surface area contributed by atoms with Gasteiger partial charge in [-0.1, -0.05) is 19.9 Å². The number of fused-ring (bicyclic) bond motifs is 3. The van der Waals surface area contributed by atoms with E-state index in [0.717, 1.165) is 5.56 Å². The Morgan fingerprint density at radius 3 is 2.65 bits per heavy atom. The van der Waals surface area contributed by atoms with Crippen molar-refractivity contribution in [2.24, 2.45) is 0 Å². The van der Waals surface area contributed by atoms with Gasteiger partial charge in [0, 0.05) is 19.6 Å². The number of hydrogen-bond donors (Lipinski definition) is 1. The molecule has 0 radical (unpaired) electrons. The number of benzene rings is 1. The van der Waals surface area contributed by atoms with Gasteiger partial charge in [-0.2, -0.15) is 0 Å². The monoisotopic (exact) mass is 328 g/mol. The summed E-state index contributed by atoms with van der Waals surface area (Å²) in [5, 5.41) is 3.22. The number of halogens is 3. The summed E-state index contributed by atoms with van der Waals surface area (Å²) in [4.78, 5) is 14.3. The maximum absolute atomic E-state index is 12.8. The van der Waals surface area contributed by atoms with E-state index in [1.54, 1.807) is 4.90 Å². The van der Waals surface area contributed by atoms with Crippen LogP contribution in [0.1, 0.15) is 48.2 Å². The summed E-state index contributed by atoms with van der Waals surface area (Å²) in [6.45, 7) is 7.28. The lowest BCUT2D eigenvalue weighted by molar-refractivity contribution is -0.274. The molecule has 0 aromatic heterocycles. The Labute approximate surface area is 132 Å². The molecular weight excluding hydrogens is 309 g/mol. The maximum atomic E-state index is 12.8. The molecular formula is C16H19F3N2O2. The smallest absolute Gasteiger partial charge is 0.405 e. The van der Waals surface area contributed by atoms with Crippen molar-refractivity contribution < 1.29 is 22.7 Å². The van der Waals surface area contributed by atoms with Gasteiger partial charge in [-0.25, -0.2) is 0 Å². The van der Waals surface area contributed by atoms with E-state index in [-0.39, 0.29) is 17.2 Å². The minimum atomic E-state index is -4.83. The largest absolute Gasteiger partial charge is 0.573 e. The highest BCUT2D eigenvalue weighted by Crippen LogP contribution is 2.46. The fourth-order valence-electron chi connectivity index (χ4n) is 3.39. The third kappa shape index (κ3) is 2.56. The summed E-state index contributed by atoms with van der Waals surface area (Å²) in [5.74, 6) is -0.752. The number of hydrogen-bond acceptors (Lipinski definition) is 3. The highest BCUT2D eigenvalue weighted by atomic mass is 19.4. The van der Waals surface area contributed by atoms with Gasteiger partial charge in [-0.15, -0.1) is 13.2 Å². The number of rotatable bonds is 2. The zero-order valence-corrected chi connectivity index (χ0v) is 13.3.